The lowest BCUT2D eigenvalue weighted by Gasteiger charge is -2.35. The van der Waals surface area contributed by atoms with Gasteiger partial charge in [-0.25, -0.2) is 9.37 Å². The predicted octanol–water partition coefficient (Wildman–Crippen LogP) is 2.69. The van der Waals surface area contributed by atoms with E-state index in [0.29, 0.717) is 66.9 Å². The van der Waals surface area contributed by atoms with Crippen molar-refractivity contribution < 1.29 is 23.4 Å². The molecule has 0 unspecified atom stereocenters. The number of ether oxygens (including phenoxy) is 3. The molecule has 208 valence electrons. The van der Waals surface area contributed by atoms with E-state index in [-0.39, 0.29) is 40.8 Å². The Bertz CT molecular complexity index is 1590. The van der Waals surface area contributed by atoms with Crippen LogP contribution in [0.25, 0.3) is 21.8 Å². The largest absolute Gasteiger partial charge is 0.456 e. The first-order valence-electron chi connectivity index (χ1n) is 12.7. The second kappa shape index (κ2) is 10.8. The van der Waals surface area contributed by atoms with Gasteiger partial charge in [0, 0.05) is 58.6 Å². The number of hydrogen-bond donors (Lipinski definition) is 2. The molecule has 14 heteroatoms. The summed E-state index contributed by atoms with van der Waals surface area (Å²) < 4.78 is 32.5. The van der Waals surface area contributed by atoms with Gasteiger partial charge in [0.2, 0.25) is 11.8 Å². The molecule has 4 aromatic rings. The highest BCUT2D eigenvalue weighted by molar-refractivity contribution is 6.33. The summed E-state index contributed by atoms with van der Waals surface area (Å²) in [7, 11) is 1.62. The van der Waals surface area contributed by atoms with Gasteiger partial charge < -0.3 is 29.3 Å². The SMILES string of the molecule is C=CC(=O)N1CCN(c2nc(O[C@H]3CNC[C@@H]3OC)nc3c(Oc4c(Cl)c(F)cc5[nH]ncc45)nccc23)CC1. The average molecular weight is 569 g/mol. The molecule has 0 spiro atoms. The average Bonchev–Trinajstić information content (AvgIpc) is 3.64. The van der Waals surface area contributed by atoms with E-state index in [9.17, 15) is 9.18 Å². The highest BCUT2D eigenvalue weighted by Crippen LogP contribution is 2.40. The third kappa shape index (κ3) is 4.76. The number of methoxy groups -OCH3 is 1. The van der Waals surface area contributed by atoms with Crippen molar-refractivity contribution in [2.45, 2.75) is 12.2 Å². The number of benzene rings is 1. The molecule has 12 nitrogen and oxygen atoms in total. The van der Waals surface area contributed by atoms with E-state index in [1.807, 2.05) is 0 Å². The molecule has 2 atom stereocenters. The van der Waals surface area contributed by atoms with Crippen molar-refractivity contribution in [1.82, 2.24) is 35.4 Å². The first-order chi connectivity index (χ1) is 19.5. The summed E-state index contributed by atoms with van der Waals surface area (Å²) in [6, 6.07) is 3.14. The van der Waals surface area contributed by atoms with Gasteiger partial charge in [0.1, 0.15) is 34.4 Å². The van der Waals surface area contributed by atoms with Gasteiger partial charge in [-0.15, -0.1) is 0 Å². The highest BCUT2D eigenvalue weighted by atomic mass is 35.5. The van der Waals surface area contributed by atoms with Crippen LogP contribution in [0.1, 0.15) is 0 Å². The van der Waals surface area contributed by atoms with E-state index < -0.39 is 5.82 Å². The lowest BCUT2D eigenvalue weighted by atomic mass is 10.2. The number of piperazine rings is 1. The lowest BCUT2D eigenvalue weighted by Crippen LogP contribution is -2.48. The highest BCUT2D eigenvalue weighted by Gasteiger charge is 2.31. The van der Waals surface area contributed by atoms with Crippen LogP contribution in [0.5, 0.6) is 17.6 Å². The molecule has 2 aliphatic heterocycles. The Kier molecular flexibility index (Phi) is 7.09. The van der Waals surface area contributed by atoms with Crippen LogP contribution in [0.2, 0.25) is 5.02 Å². The number of carbonyl (C=O) groups excluding carboxylic acids is 1. The summed E-state index contributed by atoms with van der Waals surface area (Å²) >= 11 is 6.32. The van der Waals surface area contributed by atoms with Gasteiger partial charge in [0.05, 0.1) is 22.5 Å². The Morgan fingerprint density at radius 2 is 2.00 bits per heavy atom. The van der Waals surface area contributed by atoms with E-state index in [1.165, 1.54) is 18.3 Å². The third-order valence-corrected chi connectivity index (χ3v) is 7.42. The first-order valence-corrected chi connectivity index (χ1v) is 13.1. The summed E-state index contributed by atoms with van der Waals surface area (Å²) in [6.07, 6.45) is 3.87. The van der Waals surface area contributed by atoms with E-state index >= 15 is 0 Å². The molecule has 0 radical (unpaired) electrons. The molecule has 6 rings (SSSR count). The molecule has 2 N–H and O–H groups in total. The van der Waals surface area contributed by atoms with Crippen LogP contribution in [-0.2, 0) is 9.53 Å². The minimum Gasteiger partial charge on any atom is -0.456 e. The Hall–Kier alpha value is -4.07. The first kappa shape index (κ1) is 26.2. The van der Waals surface area contributed by atoms with Gasteiger partial charge in [-0.3, -0.25) is 9.89 Å². The number of carbonyl (C=O) groups is 1. The summed E-state index contributed by atoms with van der Waals surface area (Å²) in [5.41, 5.74) is 0.770. The molecule has 0 saturated carbocycles. The van der Waals surface area contributed by atoms with Crippen molar-refractivity contribution in [2.24, 2.45) is 0 Å². The number of nitrogens with one attached hydrogen (secondary N) is 2. The number of aromatic amines is 1. The molecule has 2 aliphatic rings. The zero-order chi connectivity index (χ0) is 27.8. The van der Waals surface area contributed by atoms with Gasteiger partial charge >= 0.3 is 6.01 Å². The molecule has 5 heterocycles. The van der Waals surface area contributed by atoms with Crippen LogP contribution < -0.4 is 19.7 Å². The maximum Gasteiger partial charge on any atom is 0.319 e. The number of aromatic nitrogens is 5. The van der Waals surface area contributed by atoms with E-state index in [4.69, 9.17) is 30.8 Å². The molecule has 0 aliphatic carbocycles. The van der Waals surface area contributed by atoms with E-state index in [2.05, 4.69) is 37.0 Å². The van der Waals surface area contributed by atoms with Crippen LogP contribution in [0.4, 0.5) is 10.2 Å². The van der Waals surface area contributed by atoms with Crippen molar-refractivity contribution in [3.05, 3.63) is 48.0 Å². The maximum atomic E-state index is 14.6. The molecular weight excluding hydrogens is 543 g/mol. The zero-order valence-electron chi connectivity index (χ0n) is 21.6. The van der Waals surface area contributed by atoms with Gasteiger partial charge in [0.25, 0.3) is 0 Å². The predicted molar refractivity (Wildman–Crippen MR) is 146 cm³/mol. The minimum atomic E-state index is -0.667. The standard InChI is InChI=1S/C26H26ClFN8O4/c1-3-20(37)35-6-8-36(9-7-35)24-14-4-5-30-25(40-23-15-11-31-34-17(15)10-16(28)21(23)27)22(14)32-26(33-24)39-19-13-29-12-18(19)38-2/h3-5,10-11,18-19,29H,1,6-9,12-13H2,2H3,(H,31,34)/t18-,19-/m0/s1. The number of H-pyrrole nitrogens is 1. The van der Waals surface area contributed by atoms with Gasteiger partial charge in [-0.1, -0.05) is 18.2 Å². The number of amides is 1. The number of rotatable bonds is 7. The normalized spacial score (nSPS) is 19.4. The summed E-state index contributed by atoms with van der Waals surface area (Å²) in [5.74, 6) is -0.0396. The molecule has 1 amide bonds. The fourth-order valence-corrected chi connectivity index (χ4v) is 5.14. The smallest absolute Gasteiger partial charge is 0.319 e. The summed E-state index contributed by atoms with van der Waals surface area (Å²) in [4.78, 5) is 29.8. The van der Waals surface area contributed by atoms with Crippen LogP contribution >= 0.6 is 11.6 Å². The van der Waals surface area contributed by atoms with Crippen LogP contribution in [0, 0.1) is 5.82 Å². The molecule has 40 heavy (non-hydrogen) atoms. The molecule has 3 aromatic heterocycles. The Balaban J connectivity index is 1.43. The molecule has 2 fully saturated rings. The number of anilines is 1. The van der Waals surface area contributed by atoms with Crippen LogP contribution in [0.15, 0.2) is 37.2 Å². The minimum absolute atomic E-state index is 0.0593. The third-order valence-electron chi connectivity index (χ3n) is 7.06. The van der Waals surface area contributed by atoms with Crippen LogP contribution in [0.3, 0.4) is 0 Å². The van der Waals surface area contributed by atoms with Crippen molar-refractivity contribution in [3.63, 3.8) is 0 Å². The number of halogens is 2. The number of fused-ring (bicyclic) bond motifs is 2. The molecular formula is C26H26ClFN8O4. The number of pyridine rings is 1. The second-order valence-electron chi connectivity index (χ2n) is 9.38. The van der Waals surface area contributed by atoms with Crippen molar-refractivity contribution in [3.8, 4) is 17.6 Å². The summed E-state index contributed by atoms with van der Waals surface area (Å²) in [6.45, 7) is 6.83. The van der Waals surface area contributed by atoms with Gasteiger partial charge in [-0.2, -0.15) is 15.1 Å². The van der Waals surface area contributed by atoms with Crippen molar-refractivity contribution >= 4 is 45.1 Å². The Morgan fingerprint density at radius 3 is 2.77 bits per heavy atom. The van der Waals surface area contributed by atoms with Gasteiger partial charge in [-0.05, 0) is 12.1 Å². The summed E-state index contributed by atoms with van der Waals surface area (Å²) in [5, 5.41) is 10.9. The maximum absolute atomic E-state index is 14.6. The lowest BCUT2D eigenvalue weighted by molar-refractivity contribution is -0.126. The quantitative estimate of drug-likeness (QED) is 0.321. The van der Waals surface area contributed by atoms with Crippen LogP contribution in [-0.4, -0.2) is 94.5 Å². The molecule has 1 aromatic carbocycles. The Morgan fingerprint density at radius 1 is 1.20 bits per heavy atom. The fourth-order valence-electron chi connectivity index (χ4n) is 4.95. The van der Waals surface area contributed by atoms with E-state index in [0.717, 1.165) is 0 Å². The molecule has 0 bridgehead atoms. The number of hydrogen-bond acceptors (Lipinski definition) is 10. The van der Waals surface area contributed by atoms with Crippen molar-refractivity contribution in [1.29, 1.82) is 0 Å². The topological polar surface area (TPSA) is 131 Å². The second-order valence-corrected chi connectivity index (χ2v) is 9.76. The fraction of sp³-hybridized carbons (Fsp3) is 0.346. The number of nitrogens with zero attached hydrogens (tertiary/aromatic N) is 6. The van der Waals surface area contributed by atoms with Gasteiger partial charge in [0.15, 0.2) is 5.75 Å². The monoisotopic (exact) mass is 568 g/mol. The van der Waals surface area contributed by atoms with Crippen molar-refractivity contribution in [2.75, 3.05) is 51.3 Å². The molecule has 2 saturated heterocycles. The zero-order valence-corrected chi connectivity index (χ0v) is 22.3. The Labute approximate surface area is 233 Å². The van der Waals surface area contributed by atoms with E-state index in [1.54, 1.807) is 24.3 Å².